The van der Waals surface area contributed by atoms with Crippen LogP contribution in [-0.4, -0.2) is 6.54 Å². The van der Waals surface area contributed by atoms with E-state index in [0.29, 0.717) is 0 Å². The number of hydrogen-bond acceptors (Lipinski definition) is 2. The molecule has 2 rings (SSSR count). The number of anilines is 2. The topological polar surface area (TPSA) is 24.1 Å². The summed E-state index contributed by atoms with van der Waals surface area (Å²) in [5, 5.41) is 6.67. The normalized spacial score (nSPS) is 14.7. The summed E-state index contributed by atoms with van der Waals surface area (Å²) in [6.45, 7) is 8.67. The van der Waals surface area contributed by atoms with Gasteiger partial charge in [-0.05, 0) is 11.6 Å². The van der Waals surface area contributed by atoms with Crippen molar-refractivity contribution in [1.29, 1.82) is 0 Å². The molecule has 1 aromatic carbocycles. The zero-order chi connectivity index (χ0) is 9.97. The fourth-order valence-corrected chi connectivity index (χ4v) is 1.63. The molecule has 0 radical (unpaired) electrons. The lowest BCUT2D eigenvalue weighted by Crippen LogP contribution is -2.00. The molecule has 1 aliphatic heterocycles. The fourth-order valence-electron chi connectivity index (χ4n) is 1.63. The van der Waals surface area contributed by atoms with Gasteiger partial charge in [0.2, 0.25) is 0 Å². The van der Waals surface area contributed by atoms with E-state index in [0.717, 1.165) is 35.6 Å². The van der Waals surface area contributed by atoms with Crippen LogP contribution in [0, 0.1) is 0 Å². The largest absolute Gasteiger partial charge is 0.382 e. The smallest absolute Gasteiger partial charge is 0.0652 e. The molecule has 14 heavy (non-hydrogen) atoms. The van der Waals surface area contributed by atoms with Crippen LogP contribution in [0.1, 0.15) is 12.0 Å². The molecule has 1 aromatic rings. The molecule has 0 amide bonds. The Kier molecular flexibility index (Phi) is 2.27. The van der Waals surface area contributed by atoms with Crippen LogP contribution in [0.4, 0.5) is 11.4 Å². The summed E-state index contributed by atoms with van der Waals surface area (Å²) in [7, 11) is 0. The Balaban J connectivity index is 2.48. The fraction of sp³-hybridized carbons (Fsp3) is 0.167. The molecule has 2 N–H and O–H groups in total. The van der Waals surface area contributed by atoms with Gasteiger partial charge in [-0.25, -0.2) is 0 Å². The average molecular weight is 186 g/mol. The second-order valence-electron chi connectivity index (χ2n) is 3.38. The van der Waals surface area contributed by atoms with Crippen LogP contribution in [0.25, 0.3) is 6.08 Å². The lowest BCUT2D eigenvalue weighted by molar-refractivity contribution is 1.03. The SMILES string of the molecule is C=Cc1cccc2c1NCCC(=C)N2. The Morgan fingerprint density at radius 2 is 2.21 bits per heavy atom. The molecular weight excluding hydrogens is 172 g/mol. The van der Waals surface area contributed by atoms with Gasteiger partial charge in [0, 0.05) is 18.7 Å². The van der Waals surface area contributed by atoms with Crippen LogP contribution in [0.2, 0.25) is 0 Å². The number of rotatable bonds is 1. The second kappa shape index (κ2) is 3.58. The maximum absolute atomic E-state index is 3.95. The van der Waals surface area contributed by atoms with E-state index >= 15 is 0 Å². The van der Waals surface area contributed by atoms with Crippen molar-refractivity contribution in [2.24, 2.45) is 0 Å². The average Bonchev–Trinajstić information content (AvgIpc) is 2.37. The summed E-state index contributed by atoms with van der Waals surface area (Å²) < 4.78 is 0. The Morgan fingerprint density at radius 1 is 1.36 bits per heavy atom. The molecule has 0 bridgehead atoms. The first kappa shape index (κ1) is 8.88. The van der Waals surface area contributed by atoms with Crippen molar-refractivity contribution < 1.29 is 0 Å². The summed E-state index contributed by atoms with van der Waals surface area (Å²) in [5.41, 5.74) is 4.40. The van der Waals surface area contributed by atoms with Crippen molar-refractivity contribution in [1.82, 2.24) is 0 Å². The highest BCUT2D eigenvalue weighted by atomic mass is 15.0. The van der Waals surface area contributed by atoms with Crippen LogP contribution in [0.15, 0.2) is 37.1 Å². The molecule has 1 aliphatic rings. The van der Waals surface area contributed by atoms with Gasteiger partial charge in [-0.2, -0.15) is 0 Å². The van der Waals surface area contributed by atoms with E-state index in [1.54, 1.807) is 0 Å². The Hall–Kier alpha value is -1.70. The van der Waals surface area contributed by atoms with Gasteiger partial charge in [-0.3, -0.25) is 0 Å². The Morgan fingerprint density at radius 3 is 3.00 bits per heavy atom. The van der Waals surface area contributed by atoms with Crippen molar-refractivity contribution in [2.45, 2.75) is 6.42 Å². The molecule has 0 atom stereocenters. The van der Waals surface area contributed by atoms with E-state index in [9.17, 15) is 0 Å². The first-order valence-electron chi connectivity index (χ1n) is 4.75. The highest BCUT2D eigenvalue weighted by Gasteiger charge is 2.10. The predicted octanol–water partition coefficient (Wildman–Crippen LogP) is 3.07. The minimum atomic E-state index is 0.920. The number of hydrogen-bond donors (Lipinski definition) is 2. The highest BCUT2D eigenvalue weighted by Crippen LogP contribution is 2.30. The van der Waals surface area contributed by atoms with Gasteiger partial charge in [0.15, 0.2) is 0 Å². The van der Waals surface area contributed by atoms with E-state index in [1.165, 1.54) is 0 Å². The van der Waals surface area contributed by atoms with Crippen LogP contribution < -0.4 is 10.6 Å². The Bertz CT molecular complexity index is 380. The third-order valence-electron chi connectivity index (χ3n) is 2.36. The first-order valence-corrected chi connectivity index (χ1v) is 4.75. The maximum Gasteiger partial charge on any atom is 0.0652 e. The van der Waals surface area contributed by atoms with Gasteiger partial charge >= 0.3 is 0 Å². The second-order valence-corrected chi connectivity index (χ2v) is 3.38. The molecule has 0 unspecified atom stereocenters. The summed E-state index contributed by atoms with van der Waals surface area (Å²) in [6, 6.07) is 6.11. The molecule has 0 spiro atoms. The third kappa shape index (κ3) is 1.51. The molecule has 0 aromatic heterocycles. The first-order chi connectivity index (χ1) is 6.81. The zero-order valence-corrected chi connectivity index (χ0v) is 8.14. The molecule has 1 heterocycles. The van der Waals surface area contributed by atoms with Crippen LogP contribution >= 0.6 is 0 Å². The summed E-state index contributed by atoms with van der Waals surface area (Å²) >= 11 is 0. The van der Waals surface area contributed by atoms with Gasteiger partial charge in [0.05, 0.1) is 11.4 Å². The van der Waals surface area contributed by atoms with Crippen molar-refractivity contribution in [2.75, 3.05) is 17.2 Å². The van der Waals surface area contributed by atoms with E-state index in [1.807, 2.05) is 18.2 Å². The van der Waals surface area contributed by atoms with Gasteiger partial charge in [0.25, 0.3) is 0 Å². The van der Waals surface area contributed by atoms with E-state index in [4.69, 9.17) is 0 Å². The van der Waals surface area contributed by atoms with E-state index < -0.39 is 0 Å². The molecule has 0 fully saturated rings. The van der Waals surface area contributed by atoms with E-state index in [-0.39, 0.29) is 0 Å². The molecular formula is C12H14N2. The molecule has 0 saturated carbocycles. The van der Waals surface area contributed by atoms with Gasteiger partial charge in [0.1, 0.15) is 0 Å². The standard InChI is InChI=1S/C12H14N2/c1-3-10-5-4-6-11-12(10)13-8-7-9(2)14-11/h3-6,13-14H,1-2,7-8H2. The van der Waals surface area contributed by atoms with Crippen LogP contribution in [-0.2, 0) is 0 Å². The molecule has 2 nitrogen and oxygen atoms in total. The number of nitrogens with one attached hydrogen (secondary N) is 2. The highest BCUT2D eigenvalue weighted by molar-refractivity contribution is 5.80. The third-order valence-corrected chi connectivity index (χ3v) is 2.36. The number of fused-ring (bicyclic) bond motifs is 1. The lowest BCUT2D eigenvalue weighted by Gasteiger charge is -2.11. The van der Waals surface area contributed by atoms with E-state index in [2.05, 4.69) is 29.9 Å². The van der Waals surface area contributed by atoms with Crippen molar-refractivity contribution in [3.8, 4) is 0 Å². The zero-order valence-electron chi connectivity index (χ0n) is 8.14. The predicted molar refractivity (Wildman–Crippen MR) is 62.4 cm³/mol. The number of benzene rings is 1. The molecule has 0 saturated heterocycles. The molecule has 72 valence electrons. The van der Waals surface area contributed by atoms with Gasteiger partial charge in [-0.1, -0.05) is 31.4 Å². The van der Waals surface area contributed by atoms with Crippen molar-refractivity contribution >= 4 is 17.5 Å². The number of para-hydroxylation sites is 1. The Labute approximate surface area is 84.3 Å². The maximum atomic E-state index is 3.95. The summed E-state index contributed by atoms with van der Waals surface area (Å²) in [6.07, 6.45) is 2.81. The molecule has 2 heteroatoms. The van der Waals surface area contributed by atoms with Crippen LogP contribution in [0.3, 0.4) is 0 Å². The monoisotopic (exact) mass is 186 g/mol. The van der Waals surface area contributed by atoms with Gasteiger partial charge < -0.3 is 10.6 Å². The lowest BCUT2D eigenvalue weighted by atomic mass is 10.1. The molecule has 0 aliphatic carbocycles. The van der Waals surface area contributed by atoms with Crippen molar-refractivity contribution in [3.63, 3.8) is 0 Å². The van der Waals surface area contributed by atoms with Gasteiger partial charge in [-0.15, -0.1) is 0 Å². The minimum absolute atomic E-state index is 0.920. The summed E-state index contributed by atoms with van der Waals surface area (Å²) in [4.78, 5) is 0. The quantitative estimate of drug-likeness (QED) is 0.704. The van der Waals surface area contributed by atoms with Crippen LogP contribution in [0.5, 0.6) is 0 Å². The van der Waals surface area contributed by atoms with Crippen molar-refractivity contribution in [3.05, 3.63) is 42.6 Å². The summed E-state index contributed by atoms with van der Waals surface area (Å²) in [5.74, 6) is 0. The minimum Gasteiger partial charge on any atom is -0.382 e.